The lowest BCUT2D eigenvalue weighted by Gasteiger charge is -2.25. The number of hydrogen-bond acceptors (Lipinski definition) is 3. The van der Waals surface area contributed by atoms with E-state index in [-0.39, 0.29) is 11.9 Å². The summed E-state index contributed by atoms with van der Waals surface area (Å²) in [7, 11) is 2.00. The van der Waals surface area contributed by atoms with Gasteiger partial charge in [0, 0.05) is 25.0 Å². The highest BCUT2D eigenvalue weighted by Crippen LogP contribution is 2.18. The van der Waals surface area contributed by atoms with Crippen LogP contribution >= 0.6 is 0 Å². The van der Waals surface area contributed by atoms with E-state index in [1.807, 2.05) is 43.0 Å². The van der Waals surface area contributed by atoms with Crippen LogP contribution in [-0.4, -0.2) is 39.7 Å². The van der Waals surface area contributed by atoms with Crippen LogP contribution in [0.5, 0.6) is 0 Å². The van der Waals surface area contributed by atoms with Crippen LogP contribution in [0.2, 0.25) is 0 Å². The van der Waals surface area contributed by atoms with Crippen LogP contribution in [0.4, 0.5) is 0 Å². The number of nitrogens with zero attached hydrogens (tertiary/aromatic N) is 3. The van der Waals surface area contributed by atoms with Crippen LogP contribution in [0, 0.1) is 0 Å². The Morgan fingerprint density at radius 3 is 2.88 bits per heavy atom. The standard InChI is InChI=1S/C19H26N4O/c1-15(19(24)21-17-8-3-4-9-17)22(2)14-16-7-5-10-18(13-16)23-12-6-11-20-23/h5-7,10-13,15,17H,3-4,8-9,14H2,1-2H3,(H,21,24)/t15-/m0/s1. The van der Waals surface area contributed by atoms with Gasteiger partial charge < -0.3 is 5.32 Å². The predicted molar refractivity (Wildman–Crippen MR) is 94.9 cm³/mol. The van der Waals surface area contributed by atoms with Crippen molar-refractivity contribution >= 4 is 5.91 Å². The van der Waals surface area contributed by atoms with Crippen molar-refractivity contribution in [2.24, 2.45) is 0 Å². The van der Waals surface area contributed by atoms with Crippen molar-refractivity contribution in [1.82, 2.24) is 20.0 Å². The number of likely N-dealkylation sites (N-methyl/N-ethyl adjacent to an activating group) is 1. The van der Waals surface area contributed by atoms with E-state index in [0.29, 0.717) is 6.04 Å². The minimum atomic E-state index is -0.140. The van der Waals surface area contributed by atoms with Gasteiger partial charge in [-0.2, -0.15) is 5.10 Å². The normalized spacial score (nSPS) is 16.5. The molecule has 1 saturated carbocycles. The lowest BCUT2D eigenvalue weighted by molar-refractivity contribution is -0.126. The maximum atomic E-state index is 12.4. The monoisotopic (exact) mass is 326 g/mol. The van der Waals surface area contributed by atoms with E-state index >= 15 is 0 Å². The molecule has 1 atom stereocenters. The molecule has 0 radical (unpaired) electrons. The summed E-state index contributed by atoms with van der Waals surface area (Å²) >= 11 is 0. The molecule has 0 unspecified atom stereocenters. The number of hydrogen-bond donors (Lipinski definition) is 1. The van der Waals surface area contributed by atoms with Crippen molar-refractivity contribution < 1.29 is 4.79 Å². The van der Waals surface area contributed by atoms with Crippen LogP contribution in [-0.2, 0) is 11.3 Å². The number of benzene rings is 1. The van der Waals surface area contributed by atoms with E-state index < -0.39 is 0 Å². The van der Waals surface area contributed by atoms with Crippen molar-refractivity contribution in [2.45, 2.75) is 51.2 Å². The van der Waals surface area contributed by atoms with Crippen LogP contribution < -0.4 is 5.32 Å². The third-order valence-corrected chi connectivity index (χ3v) is 4.85. The van der Waals surface area contributed by atoms with Gasteiger partial charge >= 0.3 is 0 Å². The van der Waals surface area contributed by atoms with Gasteiger partial charge in [0.2, 0.25) is 5.91 Å². The molecular weight excluding hydrogens is 300 g/mol. The summed E-state index contributed by atoms with van der Waals surface area (Å²) in [6.45, 7) is 2.70. The molecule has 1 fully saturated rings. The third-order valence-electron chi connectivity index (χ3n) is 4.85. The van der Waals surface area contributed by atoms with Gasteiger partial charge in [0.15, 0.2) is 0 Å². The largest absolute Gasteiger partial charge is 0.352 e. The van der Waals surface area contributed by atoms with Gasteiger partial charge in [0.1, 0.15) is 0 Å². The quantitative estimate of drug-likeness (QED) is 0.888. The fraction of sp³-hybridized carbons (Fsp3) is 0.474. The summed E-state index contributed by atoms with van der Waals surface area (Å²) in [6.07, 6.45) is 8.40. The summed E-state index contributed by atoms with van der Waals surface area (Å²) in [5, 5.41) is 7.45. The minimum absolute atomic E-state index is 0.132. The summed E-state index contributed by atoms with van der Waals surface area (Å²) in [5.41, 5.74) is 2.21. The van der Waals surface area contributed by atoms with E-state index in [4.69, 9.17) is 0 Å². The zero-order chi connectivity index (χ0) is 16.9. The van der Waals surface area contributed by atoms with Gasteiger partial charge in [-0.25, -0.2) is 4.68 Å². The zero-order valence-corrected chi connectivity index (χ0v) is 14.5. The first-order chi connectivity index (χ1) is 11.6. The lowest BCUT2D eigenvalue weighted by Crippen LogP contribution is -2.46. The third kappa shape index (κ3) is 4.03. The van der Waals surface area contributed by atoms with E-state index in [9.17, 15) is 4.79 Å². The fourth-order valence-electron chi connectivity index (χ4n) is 3.24. The van der Waals surface area contributed by atoms with Crippen LogP contribution in [0.15, 0.2) is 42.7 Å². The van der Waals surface area contributed by atoms with Gasteiger partial charge in [-0.05, 0) is 50.6 Å². The fourth-order valence-corrected chi connectivity index (χ4v) is 3.24. The minimum Gasteiger partial charge on any atom is -0.352 e. The van der Waals surface area contributed by atoms with Crippen molar-refractivity contribution in [3.8, 4) is 5.69 Å². The molecule has 0 bridgehead atoms. The Hall–Kier alpha value is -2.14. The molecule has 24 heavy (non-hydrogen) atoms. The van der Waals surface area contributed by atoms with Gasteiger partial charge in [0.25, 0.3) is 0 Å². The Labute approximate surface area is 143 Å². The highest BCUT2D eigenvalue weighted by atomic mass is 16.2. The van der Waals surface area contributed by atoms with Gasteiger partial charge in [0.05, 0.1) is 11.7 Å². The molecular formula is C19H26N4O. The van der Waals surface area contributed by atoms with E-state index in [1.165, 1.54) is 18.4 Å². The Morgan fingerprint density at radius 2 is 2.17 bits per heavy atom. The molecule has 1 aromatic carbocycles. The molecule has 1 N–H and O–H groups in total. The summed E-state index contributed by atoms with van der Waals surface area (Å²) < 4.78 is 1.85. The zero-order valence-electron chi connectivity index (χ0n) is 14.5. The first-order valence-corrected chi connectivity index (χ1v) is 8.73. The first-order valence-electron chi connectivity index (χ1n) is 8.73. The van der Waals surface area contributed by atoms with Gasteiger partial charge in [-0.15, -0.1) is 0 Å². The molecule has 1 aliphatic rings. The molecule has 5 heteroatoms. The van der Waals surface area contributed by atoms with E-state index in [1.54, 1.807) is 6.20 Å². The Bertz CT molecular complexity index is 662. The summed E-state index contributed by atoms with van der Waals surface area (Å²) in [6, 6.07) is 10.4. The maximum absolute atomic E-state index is 12.4. The molecule has 2 aromatic rings. The van der Waals surface area contributed by atoms with Crippen molar-refractivity contribution in [3.63, 3.8) is 0 Å². The molecule has 0 spiro atoms. The van der Waals surface area contributed by atoms with Crippen molar-refractivity contribution in [1.29, 1.82) is 0 Å². The summed E-state index contributed by atoms with van der Waals surface area (Å²) in [4.78, 5) is 14.5. The molecule has 0 saturated heterocycles. The van der Waals surface area contributed by atoms with Crippen LogP contribution in [0.1, 0.15) is 38.2 Å². The number of amides is 1. The maximum Gasteiger partial charge on any atom is 0.237 e. The Balaban J connectivity index is 1.60. The molecule has 0 aliphatic heterocycles. The number of rotatable bonds is 6. The predicted octanol–water partition coefficient (Wildman–Crippen LogP) is 2.75. The molecule has 1 amide bonds. The second kappa shape index (κ2) is 7.62. The average Bonchev–Trinajstić information content (AvgIpc) is 3.28. The Morgan fingerprint density at radius 1 is 1.38 bits per heavy atom. The molecule has 128 valence electrons. The van der Waals surface area contributed by atoms with Crippen molar-refractivity contribution in [2.75, 3.05) is 7.05 Å². The van der Waals surface area contributed by atoms with E-state index in [0.717, 1.165) is 25.1 Å². The number of carbonyl (C=O) groups is 1. The van der Waals surface area contributed by atoms with Gasteiger partial charge in [-0.1, -0.05) is 25.0 Å². The lowest BCUT2D eigenvalue weighted by atomic mass is 10.1. The van der Waals surface area contributed by atoms with Crippen LogP contribution in [0.3, 0.4) is 0 Å². The molecule has 1 aliphatic carbocycles. The highest BCUT2D eigenvalue weighted by Gasteiger charge is 2.23. The molecule has 3 rings (SSSR count). The number of aromatic nitrogens is 2. The Kier molecular flexibility index (Phi) is 5.30. The number of nitrogens with one attached hydrogen (secondary N) is 1. The van der Waals surface area contributed by atoms with E-state index in [2.05, 4.69) is 27.4 Å². The van der Waals surface area contributed by atoms with Crippen molar-refractivity contribution in [3.05, 3.63) is 48.3 Å². The average molecular weight is 326 g/mol. The molecule has 5 nitrogen and oxygen atoms in total. The van der Waals surface area contributed by atoms with Crippen LogP contribution in [0.25, 0.3) is 5.69 Å². The summed E-state index contributed by atoms with van der Waals surface area (Å²) in [5.74, 6) is 0.132. The molecule has 1 aromatic heterocycles. The first kappa shape index (κ1) is 16.7. The van der Waals surface area contributed by atoms with Gasteiger partial charge in [-0.3, -0.25) is 9.69 Å². The highest BCUT2D eigenvalue weighted by molar-refractivity contribution is 5.81. The second-order valence-corrected chi connectivity index (χ2v) is 6.70. The smallest absolute Gasteiger partial charge is 0.237 e. The number of carbonyl (C=O) groups excluding carboxylic acids is 1. The topological polar surface area (TPSA) is 50.2 Å². The second-order valence-electron chi connectivity index (χ2n) is 6.70. The molecule has 1 heterocycles. The SMILES string of the molecule is C[C@@H](C(=O)NC1CCCC1)N(C)Cc1cccc(-n2cccn2)c1.